The first-order valence-electron chi connectivity index (χ1n) is 11.6. The molecule has 208 valence electrons. The summed E-state index contributed by atoms with van der Waals surface area (Å²) in [5.41, 5.74) is 6.26. The minimum Gasteiger partial charge on any atom is -0.490 e. The molecule has 4 heterocycles. The van der Waals surface area contributed by atoms with Gasteiger partial charge in [-0.05, 0) is 24.3 Å². The number of aliphatic hydroxyl groups excluding tert-OH is 1. The predicted octanol–water partition coefficient (Wildman–Crippen LogP) is 0.874. The first kappa shape index (κ1) is 27.3. The van der Waals surface area contributed by atoms with Gasteiger partial charge in [-0.2, -0.15) is 14.5 Å². The number of benzene rings is 1. The van der Waals surface area contributed by atoms with Gasteiger partial charge in [-0.3, -0.25) is 4.52 Å². The van der Waals surface area contributed by atoms with Crippen LogP contribution in [0.4, 0.5) is 5.95 Å². The maximum absolute atomic E-state index is 12.5. The summed E-state index contributed by atoms with van der Waals surface area (Å²) in [4.78, 5) is 22.1. The molecular formula is C22H26ClN7O8P+. The molecule has 1 unspecified atom stereocenters. The number of hydrogen-bond donors (Lipinski definition) is 4. The van der Waals surface area contributed by atoms with Crippen molar-refractivity contribution in [2.24, 2.45) is 0 Å². The Morgan fingerprint density at radius 3 is 2.74 bits per heavy atom. The van der Waals surface area contributed by atoms with Crippen LogP contribution in [0.15, 0.2) is 49.3 Å². The van der Waals surface area contributed by atoms with Gasteiger partial charge in [0.25, 0.3) is 17.0 Å². The molecule has 1 aliphatic heterocycles. The zero-order valence-corrected chi connectivity index (χ0v) is 22.2. The van der Waals surface area contributed by atoms with E-state index in [4.69, 9.17) is 36.1 Å². The maximum Gasteiger partial charge on any atom is 0.437 e. The van der Waals surface area contributed by atoms with Gasteiger partial charge in [-0.15, -0.1) is 0 Å². The van der Waals surface area contributed by atoms with E-state index in [-0.39, 0.29) is 36.1 Å². The van der Waals surface area contributed by atoms with Crippen LogP contribution < -0.4 is 15.0 Å². The molecule has 1 fully saturated rings. The van der Waals surface area contributed by atoms with Crippen LogP contribution in [0, 0.1) is 0 Å². The minimum absolute atomic E-state index is 0.183. The molecule has 3 aromatic heterocycles. The summed E-state index contributed by atoms with van der Waals surface area (Å²) in [5, 5.41) is 22.1. The summed E-state index contributed by atoms with van der Waals surface area (Å²) in [6.45, 7) is 0.0542. The number of hydrogen-bond acceptors (Lipinski definition) is 11. The third-order valence-corrected chi connectivity index (χ3v) is 7.68. The SMILES string of the molecule is CO[C@@H]1[C@H](O)[C@@H](COP(=O)(O)n2ccnc2)O[C@H]1n1c[n+](CCOc2ccc(Cl)cc2)c2c(O)nc(N)nc21. The molecule has 0 spiro atoms. The highest BCUT2D eigenvalue weighted by molar-refractivity contribution is 7.51. The van der Waals surface area contributed by atoms with Crippen molar-refractivity contribution in [3.63, 3.8) is 0 Å². The second-order valence-electron chi connectivity index (χ2n) is 8.58. The first-order valence-corrected chi connectivity index (χ1v) is 13.6. The Morgan fingerprint density at radius 2 is 2.05 bits per heavy atom. The number of methoxy groups -OCH3 is 1. The van der Waals surface area contributed by atoms with E-state index in [1.54, 1.807) is 35.2 Å². The van der Waals surface area contributed by atoms with Crippen molar-refractivity contribution < 1.29 is 43.0 Å². The lowest BCUT2D eigenvalue weighted by Crippen LogP contribution is -2.37. The van der Waals surface area contributed by atoms with Crippen LogP contribution in [0.1, 0.15) is 6.23 Å². The lowest BCUT2D eigenvalue weighted by atomic mass is 10.1. The van der Waals surface area contributed by atoms with Crippen LogP contribution in [-0.4, -0.2) is 77.6 Å². The van der Waals surface area contributed by atoms with Crippen molar-refractivity contribution in [1.82, 2.24) is 23.9 Å². The Morgan fingerprint density at radius 1 is 1.28 bits per heavy atom. The number of aliphatic hydroxyl groups is 1. The lowest BCUT2D eigenvalue weighted by molar-refractivity contribution is -0.673. The number of imidazole rings is 2. The van der Waals surface area contributed by atoms with Gasteiger partial charge in [-0.25, -0.2) is 18.5 Å². The van der Waals surface area contributed by atoms with Crippen LogP contribution in [-0.2, 0) is 25.1 Å². The predicted molar refractivity (Wildman–Crippen MR) is 135 cm³/mol. The van der Waals surface area contributed by atoms with Gasteiger partial charge in [0.1, 0.15) is 37.4 Å². The highest BCUT2D eigenvalue weighted by atomic mass is 35.5. The Bertz CT molecular complexity index is 1490. The van der Waals surface area contributed by atoms with E-state index in [2.05, 4.69) is 15.0 Å². The van der Waals surface area contributed by atoms with E-state index in [1.165, 1.54) is 24.1 Å². The average molecular weight is 583 g/mol. The molecular weight excluding hydrogens is 557 g/mol. The Labute approximate surface area is 226 Å². The molecule has 17 heteroatoms. The zero-order chi connectivity index (χ0) is 27.7. The maximum atomic E-state index is 12.5. The number of rotatable bonds is 10. The summed E-state index contributed by atoms with van der Waals surface area (Å²) in [7, 11) is -2.88. The molecule has 39 heavy (non-hydrogen) atoms. The number of nitrogens with two attached hydrogens (primary N) is 1. The minimum atomic E-state index is -4.27. The summed E-state index contributed by atoms with van der Waals surface area (Å²) in [6.07, 6.45) is 1.16. The number of halogens is 1. The molecule has 5 N–H and O–H groups in total. The average Bonchev–Trinajstić information content (AvgIpc) is 3.63. The Balaban J connectivity index is 1.39. The van der Waals surface area contributed by atoms with E-state index in [9.17, 15) is 19.7 Å². The van der Waals surface area contributed by atoms with Crippen molar-refractivity contribution in [2.45, 2.75) is 31.1 Å². The van der Waals surface area contributed by atoms with Gasteiger partial charge < -0.3 is 35.1 Å². The third-order valence-electron chi connectivity index (χ3n) is 6.12. The lowest BCUT2D eigenvalue weighted by Gasteiger charge is -2.18. The molecule has 0 amide bonds. The standard InChI is InChI=1S/C22H25ClN7O8P/c1-35-18-17(31)15(10-37-39(33,34)29-7-6-25-11-29)38-21(18)30-12-28(16-19(30)26-22(24)27-20(16)32)8-9-36-14-4-2-13(23)3-5-14/h2-7,11-12,15,17-18,21,31H,8-10H2,1H3,(H3-,24,26,27,32,33,34)/p+1/t15-,17-,18-,21-/m1/s1. The first-order chi connectivity index (χ1) is 18.7. The fraction of sp³-hybridized carbons (Fsp3) is 0.364. The monoisotopic (exact) mass is 582 g/mol. The van der Waals surface area contributed by atoms with Crippen molar-refractivity contribution in [1.29, 1.82) is 0 Å². The number of aromatic hydroxyl groups is 1. The van der Waals surface area contributed by atoms with Crippen molar-refractivity contribution >= 4 is 36.5 Å². The van der Waals surface area contributed by atoms with Crippen molar-refractivity contribution in [3.05, 3.63) is 54.3 Å². The van der Waals surface area contributed by atoms with Gasteiger partial charge in [0.15, 0.2) is 6.10 Å². The van der Waals surface area contributed by atoms with Gasteiger partial charge in [0.05, 0.1) is 6.61 Å². The number of nitrogen functional groups attached to an aromatic ring is 1. The smallest absolute Gasteiger partial charge is 0.437 e. The number of aromatic nitrogens is 6. The largest absolute Gasteiger partial charge is 0.490 e. The molecule has 0 bridgehead atoms. The molecule has 1 aromatic carbocycles. The van der Waals surface area contributed by atoms with Crippen LogP contribution in [0.3, 0.4) is 0 Å². The fourth-order valence-corrected chi connectivity index (χ4v) is 5.29. The van der Waals surface area contributed by atoms with Gasteiger partial charge in [0, 0.05) is 24.5 Å². The number of nitrogens with zero attached hydrogens (tertiary/aromatic N) is 6. The van der Waals surface area contributed by atoms with Gasteiger partial charge in [0.2, 0.25) is 18.5 Å². The molecule has 15 nitrogen and oxygen atoms in total. The van der Waals surface area contributed by atoms with Gasteiger partial charge >= 0.3 is 7.75 Å². The number of fused-ring (bicyclic) bond motifs is 1. The molecule has 1 saturated heterocycles. The highest BCUT2D eigenvalue weighted by Crippen LogP contribution is 2.44. The van der Waals surface area contributed by atoms with Crippen LogP contribution >= 0.6 is 19.3 Å². The van der Waals surface area contributed by atoms with E-state index < -0.39 is 38.9 Å². The van der Waals surface area contributed by atoms with Crippen molar-refractivity contribution in [2.75, 3.05) is 26.1 Å². The molecule has 5 rings (SSSR count). The number of ether oxygens (including phenoxy) is 3. The second-order valence-corrected chi connectivity index (χ2v) is 10.7. The summed E-state index contributed by atoms with van der Waals surface area (Å²) < 4.78 is 39.1. The third kappa shape index (κ3) is 5.56. The summed E-state index contributed by atoms with van der Waals surface area (Å²) in [6, 6.07) is 6.87. The van der Waals surface area contributed by atoms with Crippen LogP contribution in [0.25, 0.3) is 11.2 Å². The molecule has 4 aromatic rings. The summed E-state index contributed by atoms with van der Waals surface area (Å²) >= 11 is 5.92. The zero-order valence-electron chi connectivity index (χ0n) is 20.5. The Kier molecular flexibility index (Phi) is 7.73. The molecule has 0 radical (unpaired) electrons. The van der Waals surface area contributed by atoms with E-state index >= 15 is 0 Å². The molecule has 0 aliphatic carbocycles. The topological polar surface area (TPSA) is 193 Å². The van der Waals surface area contributed by atoms with E-state index in [1.807, 2.05) is 0 Å². The molecule has 0 saturated carbocycles. The molecule has 1 aliphatic rings. The Hall–Kier alpha value is -3.30. The van der Waals surface area contributed by atoms with Crippen LogP contribution in [0.5, 0.6) is 11.6 Å². The summed E-state index contributed by atoms with van der Waals surface area (Å²) in [5.74, 6) is 0.0596. The van der Waals surface area contributed by atoms with Crippen LogP contribution in [0.2, 0.25) is 5.02 Å². The van der Waals surface area contributed by atoms with Gasteiger partial charge in [-0.1, -0.05) is 11.6 Å². The number of anilines is 1. The fourth-order valence-electron chi connectivity index (χ4n) is 4.27. The quantitative estimate of drug-likeness (QED) is 0.152. The second kappa shape index (κ2) is 11.1. The highest BCUT2D eigenvalue weighted by Gasteiger charge is 2.50. The van der Waals surface area contributed by atoms with E-state index in [0.717, 1.165) is 10.7 Å². The molecule has 5 atom stereocenters. The normalized spacial score (nSPS) is 22.8. The van der Waals surface area contributed by atoms with Crippen molar-refractivity contribution in [3.8, 4) is 11.6 Å². The van der Waals surface area contributed by atoms with E-state index in [0.29, 0.717) is 10.8 Å².